The van der Waals surface area contributed by atoms with Crippen molar-refractivity contribution in [1.29, 1.82) is 0 Å². The van der Waals surface area contributed by atoms with Crippen molar-refractivity contribution >= 4 is 17.2 Å². The lowest BCUT2D eigenvalue weighted by atomic mass is 9.90. The van der Waals surface area contributed by atoms with Crippen molar-refractivity contribution in [1.82, 2.24) is 25.4 Å². The molecule has 2 atom stereocenters. The first-order chi connectivity index (χ1) is 12.1. The van der Waals surface area contributed by atoms with Crippen LogP contribution in [-0.2, 0) is 11.3 Å². The van der Waals surface area contributed by atoms with E-state index in [-0.39, 0.29) is 23.8 Å². The lowest BCUT2D eigenvalue weighted by molar-refractivity contribution is -0.123. The van der Waals surface area contributed by atoms with Gasteiger partial charge in [0, 0.05) is 34.7 Å². The molecule has 7 heteroatoms. The number of thiophene rings is 1. The molecule has 0 aromatic carbocycles. The second kappa shape index (κ2) is 6.88. The molecule has 1 amide bonds. The molecule has 2 N–H and O–H groups in total. The third kappa shape index (κ3) is 3.93. The van der Waals surface area contributed by atoms with Crippen LogP contribution in [0.5, 0.6) is 0 Å². The van der Waals surface area contributed by atoms with Gasteiger partial charge in [-0.1, -0.05) is 0 Å². The number of carbonyl (C=O) groups is 1. The van der Waals surface area contributed by atoms with Gasteiger partial charge in [-0.05, 0) is 51.8 Å². The van der Waals surface area contributed by atoms with Crippen molar-refractivity contribution in [2.24, 2.45) is 5.92 Å². The number of piperidine rings is 1. The van der Waals surface area contributed by atoms with Gasteiger partial charge in [0.25, 0.3) is 0 Å². The Hall–Kier alpha value is -1.73. The molecule has 1 aliphatic carbocycles. The summed E-state index contributed by atoms with van der Waals surface area (Å²) in [6, 6.07) is 4.47. The normalized spacial score (nSPS) is 24.4. The number of H-pyrrole nitrogens is 1. The number of likely N-dealkylation sites (tertiary alicyclic amines) is 1. The third-order valence-corrected chi connectivity index (χ3v) is 6.08. The fraction of sp³-hybridized carbons (Fsp3) is 0.611. The fourth-order valence-electron chi connectivity index (χ4n) is 3.58. The number of hydrogen-bond donors (Lipinski definition) is 2. The molecule has 1 aliphatic heterocycles. The molecule has 2 aromatic rings. The van der Waals surface area contributed by atoms with E-state index in [1.54, 1.807) is 0 Å². The molecule has 3 heterocycles. The van der Waals surface area contributed by atoms with E-state index >= 15 is 0 Å². The molecule has 0 spiro atoms. The summed E-state index contributed by atoms with van der Waals surface area (Å²) in [6.07, 6.45) is 3.03. The van der Waals surface area contributed by atoms with Crippen LogP contribution >= 0.6 is 11.3 Å². The van der Waals surface area contributed by atoms with Gasteiger partial charge in [-0.15, -0.1) is 11.3 Å². The molecular formula is C18H25N5OS. The minimum atomic E-state index is 0.0816. The maximum absolute atomic E-state index is 12.3. The lowest BCUT2D eigenvalue weighted by Crippen LogP contribution is -2.51. The van der Waals surface area contributed by atoms with Crippen molar-refractivity contribution in [3.8, 4) is 0 Å². The van der Waals surface area contributed by atoms with Crippen molar-refractivity contribution < 1.29 is 4.79 Å². The summed E-state index contributed by atoms with van der Waals surface area (Å²) in [5.74, 6) is 2.29. The molecule has 1 saturated heterocycles. The molecule has 0 radical (unpaired) electrons. The average Bonchev–Trinajstić information content (AvgIpc) is 3.24. The van der Waals surface area contributed by atoms with E-state index in [0.29, 0.717) is 0 Å². The van der Waals surface area contributed by atoms with Crippen LogP contribution < -0.4 is 5.32 Å². The van der Waals surface area contributed by atoms with Crippen LogP contribution in [0.4, 0.5) is 0 Å². The number of hydrogen-bond acceptors (Lipinski definition) is 5. The summed E-state index contributed by atoms with van der Waals surface area (Å²) in [5.41, 5.74) is 0. The molecule has 134 valence electrons. The first kappa shape index (κ1) is 16.7. The predicted molar refractivity (Wildman–Crippen MR) is 97.5 cm³/mol. The van der Waals surface area contributed by atoms with Crippen LogP contribution in [0.25, 0.3) is 0 Å². The molecule has 2 aromatic heterocycles. The van der Waals surface area contributed by atoms with E-state index < -0.39 is 0 Å². The smallest absolute Gasteiger partial charge is 0.223 e. The Labute approximate surface area is 152 Å². The number of aromatic amines is 1. The zero-order chi connectivity index (χ0) is 17.4. The highest BCUT2D eigenvalue weighted by molar-refractivity contribution is 7.11. The summed E-state index contributed by atoms with van der Waals surface area (Å²) >= 11 is 1.85. The zero-order valence-electron chi connectivity index (χ0n) is 14.8. The summed E-state index contributed by atoms with van der Waals surface area (Å²) in [6.45, 7) is 6.87. The molecule has 0 unspecified atom stereocenters. The van der Waals surface area contributed by atoms with Crippen molar-refractivity contribution in [3.63, 3.8) is 0 Å². The largest absolute Gasteiger partial charge is 0.351 e. The first-order valence-corrected chi connectivity index (χ1v) is 9.87. The van der Waals surface area contributed by atoms with E-state index in [4.69, 9.17) is 0 Å². The van der Waals surface area contributed by atoms with Crippen LogP contribution in [-0.4, -0.2) is 45.1 Å². The second-order valence-electron chi connectivity index (χ2n) is 7.31. The van der Waals surface area contributed by atoms with Crippen LogP contribution in [0.2, 0.25) is 0 Å². The molecule has 0 bridgehead atoms. The third-order valence-electron chi connectivity index (χ3n) is 5.09. The van der Waals surface area contributed by atoms with Crippen molar-refractivity contribution in [2.75, 3.05) is 13.1 Å². The zero-order valence-corrected chi connectivity index (χ0v) is 15.6. The Morgan fingerprint density at radius 3 is 2.84 bits per heavy atom. The van der Waals surface area contributed by atoms with Crippen molar-refractivity contribution in [3.05, 3.63) is 33.5 Å². The van der Waals surface area contributed by atoms with E-state index in [1.165, 1.54) is 9.75 Å². The number of aromatic nitrogens is 3. The molecule has 6 nitrogen and oxygen atoms in total. The van der Waals surface area contributed by atoms with Gasteiger partial charge in [0.1, 0.15) is 5.82 Å². The average molecular weight is 359 g/mol. The lowest BCUT2D eigenvalue weighted by Gasteiger charge is -2.37. The van der Waals surface area contributed by atoms with E-state index in [1.807, 2.05) is 18.3 Å². The Bertz CT molecular complexity index is 750. The standard InChI is InChI=1S/C18H25N5OS/c1-11-3-6-14(25-11)9-23-8-7-15(17-19-12(2)21-22-17)16(10-23)20-18(24)13-4-5-13/h3,6,13,15-16H,4-5,7-10H2,1-2H3,(H,20,24)(H,19,21,22)/t15-,16+/m0/s1. The van der Waals surface area contributed by atoms with Crippen LogP contribution in [0.15, 0.2) is 12.1 Å². The van der Waals surface area contributed by atoms with Gasteiger partial charge in [-0.2, -0.15) is 5.10 Å². The number of nitrogens with zero attached hydrogens (tertiary/aromatic N) is 3. The topological polar surface area (TPSA) is 73.9 Å². The predicted octanol–water partition coefficient (Wildman–Crippen LogP) is 2.37. The summed E-state index contributed by atoms with van der Waals surface area (Å²) in [4.78, 5) is 22.1. The minimum Gasteiger partial charge on any atom is -0.351 e. The summed E-state index contributed by atoms with van der Waals surface area (Å²) in [7, 11) is 0. The van der Waals surface area contributed by atoms with Gasteiger partial charge < -0.3 is 5.32 Å². The van der Waals surface area contributed by atoms with E-state index in [0.717, 1.165) is 50.5 Å². The number of nitrogens with one attached hydrogen (secondary N) is 2. The van der Waals surface area contributed by atoms with Crippen molar-refractivity contribution in [2.45, 2.75) is 51.6 Å². The SMILES string of the molecule is Cc1nc([C@H]2CCN(Cc3ccc(C)s3)C[C@H]2NC(=O)C2CC2)n[nH]1. The highest BCUT2D eigenvalue weighted by atomic mass is 32.1. The second-order valence-corrected chi connectivity index (χ2v) is 8.68. The molecule has 2 fully saturated rings. The van der Waals surface area contributed by atoms with Gasteiger partial charge >= 0.3 is 0 Å². The Morgan fingerprint density at radius 1 is 1.36 bits per heavy atom. The first-order valence-electron chi connectivity index (χ1n) is 9.05. The van der Waals surface area contributed by atoms with Gasteiger partial charge in [0.2, 0.25) is 5.91 Å². The monoisotopic (exact) mass is 359 g/mol. The molecule has 4 rings (SSSR count). The Balaban J connectivity index is 1.47. The Kier molecular flexibility index (Phi) is 4.60. The van der Waals surface area contributed by atoms with Gasteiger partial charge in [0.15, 0.2) is 5.82 Å². The van der Waals surface area contributed by atoms with Crippen LogP contribution in [0.3, 0.4) is 0 Å². The number of carbonyl (C=O) groups excluding carboxylic acids is 1. The fourth-order valence-corrected chi connectivity index (χ4v) is 4.51. The highest BCUT2D eigenvalue weighted by Gasteiger charge is 2.37. The van der Waals surface area contributed by atoms with Crippen LogP contribution in [0.1, 0.15) is 46.6 Å². The summed E-state index contributed by atoms with van der Waals surface area (Å²) in [5, 5.41) is 10.6. The number of rotatable bonds is 5. The van der Waals surface area contributed by atoms with Gasteiger partial charge in [-0.3, -0.25) is 14.8 Å². The van der Waals surface area contributed by atoms with E-state index in [9.17, 15) is 4.79 Å². The van der Waals surface area contributed by atoms with Gasteiger partial charge in [0.05, 0.1) is 6.04 Å². The number of amides is 1. The summed E-state index contributed by atoms with van der Waals surface area (Å²) < 4.78 is 0. The molecular weight excluding hydrogens is 334 g/mol. The van der Waals surface area contributed by atoms with E-state index in [2.05, 4.69) is 44.5 Å². The Morgan fingerprint density at radius 2 is 2.20 bits per heavy atom. The number of aryl methyl sites for hydroxylation is 2. The molecule has 25 heavy (non-hydrogen) atoms. The maximum atomic E-state index is 12.3. The minimum absolute atomic E-state index is 0.0816. The van der Waals surface area contributed by atoms with Gasteiger partial charge in [-0.25, -0.2) is 4.98 Å². The quantitative estimate of drug-likeness (QED) is 0.859. The molecule has 1 saturated carbocycles. The van der Waals surface area contributed by atoms with Crippen LogP contribution in [0, 0.1) is 19.8 Å². The maximum Gasteiger partial charge on any atom is 0.223 e. The highest BCUT2D eigenvalue weighted by Crippen LogP contribution is 2.32. The molecule has 2 aliphatic rings.